The number of benzene rings is 2. The zero-order chi connectivity index (χ0) is 17.9. The Morgan fingerprint density at radius 1 is 0.962 bits per heavy atom. The highest BCUT2D eigenvalue weighted by Gasteiger charge is 2.46. The van der Waals surface area contributed by atoms with Gasteiger partial charge in [-0.05, 0) is 49.9 Å². The summed E-state index contributed by atoms with van der Waals surface area (Å²) >= 11 is 3.45. The fraction of sp³-hybridized carbons (Fsp3) is 0.318. The van der Waals surface area contributed by atoms with Crippen molar-refractivity contribution in [2.24, 2.45) is 5.92 Å². The van der Waals surface area contributed by atoms with Crippen molar-refractivity contribution in [2.45, 2.75) is 37.8 Å². The zero-order valence-electron chi connectivity index (χ0n) is 14.6. The molecule has 2 aliphatic rings. The van der Waals surface area contributed by atoms with Gasteiger partial charge in [-0.25, -0.2) is 5.06 Å². The van der Waals surface area contributed by atoms with Gasteiger partial charge in [-0.2, -0.15) is 0 Å². The molecular weight excluding hydrogens is 390 g/mol. The lowest BCUT2D eigenvalue weighted by Gasteiger charge is -2.26. The minimum atomic E-state index is -0.282. The Kier molecular flexibility index (Phi) is 5.23. The lowest BCUT2D eigenvalue weighted by Crippen LogP contribution is -2.40. The van der Waals surface area contributed by atoms with Crippen LogP contribution in [0.5, 0.6) is 0 Å². The van der Waals surface area contributed by atoms with Gasteiger partial charge in [0.2, 0.25) is 0 Å². The van der Waals surface area contributed by atoms with E-state index >= 15 is 0 Å². The van der Waals surface area contributed by atoms with Gasteiger partial charge < -0.3 is 0 Å². The fourth-order valence-electron chi connectivity index (χ4n) is 3.94. The molecule has 0 saturated carbocycles. The zero-order valence-corrected chi connectivity index (χ0v) is 16.1. The Labute approximate surface area is 162 Å². The third-order valence-electron chi connectivity index (χ3n) is 5.24. The maximum atomic E-state index is 13.4. The number of Topliss-reactive ketones (excluding diaryl/α,β-unsaturated/α-hetero) is 1. The first kappa shape index (κ1) is 17.5. The summed E-state index contributed by atoms with van der Waals surface area (Å²) in [6.45, 7) is 0. The van der Waals surface area contributed by atoms with Crippen LogP contribution in [-0.4, -0.2) is 17.9 Å². The maximum absolute atomic E-state index is 13.4. The van der Waals surface area contributed by atoms with E-state index in [2.05, 4.69) is 28.1 Å². The average Bonchev–Trinajstić information content (AvgIpc) is 3.00. The summed E-state index contributed by atoms with van der Waals surface area (Å²) in [5, 5.41) is 1.87. The van der Waals surface area contributed by atoms with Gasteiger partial charge in [0, 0.05) is 16.0 Å². The largest absolute Gasteiger partial charge is 0.292 e. The molecule has 3 nitrogen and oxygen atoms in total. The number of nitrogens with zero attached hydrogens (tertiary/aromatic N) is 1. The van der Waals surface area contributed by atoms with E-state index in [1.54, 1.807) is 0 Å². The number of allylic oxidation sites excluding steroid dienone is 2. The molecule has 3 unspecified atom stereocenters. The van der Waals surface area contributed by atoms with Gasteiger partial charge >= 0.3 is 0 Å². The highest BCUT2D eigenvalue weighted by atomic mass is 79.9. The van der Waals surface area contributed by atoms with Crippen molar-refractivity contribution in [1.29, 1.82) is 0 Å². The molecule has 1 heterocycles. The van der Waals surface area contributed by atoms with Crippen LogP contribution in [0.2, 0.25) is 0 Å². The molecule has 1 saturated heterocycles. The second-order valence-corrected chi connectivity index (χ2v) is 7.83. The molecule has 0 radical (unpaired) electrons. The monoisotopic (exact) mass is 411 g/mol. The molecule has 0 bridgehead atoms. The summed E-state index contributed by atoms with van der Waals surface area (Å²) in [4.78, 5) is 19.8. The summed E-state index contributed by atoms with van der Waals surface area (Å²) in [6, 6.07) is 17.3. The van der Waals surface area contributed by atoms with Crippen LogP contribution in [0.4, 0.5) is 5.69 Å². The first-order valence-corrected chi connectivity index (χ1v) is 9.99. The van der Waals surface area contributed by atoms with E-state index in [1.807, 2.05) is 59.7 Å². The van der Waals surface area contributed by atoms with Gasteiger partial charge in [-0.1, -0.05) is 58.4 Å². The predicted molar refractivity (Wildman–Crippen MR) is 107 cm³/mol. The number of hydrogen-bond donors (Lipinski definition) is 0. The highest BCUT2D eigenvalue weighted by Crippen LogP contribution is 2.39. The summed E-state index contributed by atoms with van der Waals surface area (Å²) in [7, 11) is 0. The number of carbonyl (C=O) groups is 1. The SMILES string of the molecule is O=C(c1ccc(Br)cc1)C1C2CC/C=C\CCC2ON1c1ccccc1. The molecule has 1 aliphatic carbocycles. The second-order valence-electron chi connectivity index (χ2n) is 6.91. The van der Waals surface area contributed by atoms with E-state index in [4.69, 9.17) is 4.84 Å². The van der Waals surface area contributed by atoms with Crippen LogP contribution in [0.15, 0.2) is 71.2 Å². The van der Waals surface area contributed by atoms with E-state index in [0.717, 1.165) is 41.4 Å². The molecule has 0 aromatic heterocycles. The summed E-state index contributed by atoms with van der Waals surface area (Å²) < 4.78 is 0.977. The third kappa shape index (κ3) is 3.49. The number of para-hydroxylation sites is 1. The Balaban J connectivity index is 1.71. The standard InChI is InChI=1S/C22H22BrNO2/c23-17-14-12-16(13-15-17)22(25)21-19-10-6-1-2-7-11-20(19)26-24(21)18-8-4-3-5-9-18/h1-5,8-9,12-15,19-21H,6-7,10-11H2/b2-1-. The van der Waals surface area contributed by atoms with Crippen LogP contribution >= 0.6 is 15.9 Å². The number of hydrogen-bond acceptors (Lipinski definition) is 3. The molecule has 26 heavy (non-hydrogen) atoms. The quantitative estimate of drug-likeness (QED) is 0.488. The molecule has 4 heteroatoms. The van der Waals surface area contributed by atoms with Crippen molar-refractivity contribution in [2.75, 3.05) is 5.06 Å². The van der Waals surface area contributed by atoms with Crippen molar-refractivity contribution in [3.63, 3.8) is 0 Å². The highest BCUT2D eigenvalue weighted by molar-refractivity contribution is 9.10. The van der Waals surface area contributed by atoms with Gasteiger partial charge in [-0.3, -0.25) is 9.63 Å². The van der Waals surface area contributed by atoms with Crippen LogP contribution in [0.1, 0.15) is 36.0 Å². The number of fused-ring (bicyclic) bond motifs is 1. The van der Waals surface area contributed by atoms with E-state index in [0.29, 0.717) is 0 Å². The van der Waals surface area contributed by atoms with Gasteiger partial charge in [0.05, 0.1) is 11.8 Å². The van der Waals surface area contributed by atoms with Gasteiger partial charge in [0.1, 0.15) is 6.04 Å². The topological polar surface area (TPSA) is 29.5 Å². The summed E-state index contributed by atoms with van der Waals surface area (Å²) in [6.07, 6.45) is 8.48. The van der Waals surface area contributed by atoms with Crippen LogP contribution in [0, 0.1) is 5.92 Å². The molecule has 1 fully saturated rings. The van der Waals surface area contributed by atoms with Gasteiger partial charge in [0.25, 0.3) is 0 Å². The van der Waals surface area contributed by atoms with Crippen molar-refractivity contribution in [3.05, 3.63) is 76.8 Å². The predicted octanol–water partition coefficient (Wildman–Crippen LogP) is 5.57. The molecule has 0 amide bonds. The second kappa shape index (κ2) is 7.77. The first-order chi connectivity index (χ1) is 12.7. The van der Waals surface area contributed by atoms with Crippen LogP contribution in [0.3, 0.4) is 0 Å². The molecule has 134 valence electrons. The van der Waals surface area contributed by atoms with Gasteiger partial charge in [0.15, 0.2) is 5.78 Å². The Hall–Kier alpha value is -1.91. The number of anilines is 1. The first-order valence-electron chi connectivity index (χ1n) is 9.20. The summed E-state index contributed by atoms with van der Waals surface area (Å²) in [5.74, 6) is 0.342. The molecular formula is C22H22BrNO2. The van der Waals surface area contributed by atoms with Gasteiger partial charge in [-0.15, -0.1) is 0 Å². The minimum Gasteiger partial charge on any atom is -0.292 e. The molecule has 4 rings (SSSR count). The van der Waals surface area contributed by atoms with E-state index in [-0.39, 0.29) is 23.8 Å². The fourth-order valence-corrected chi connectivity index (χ4v) is 4.21. The molecule has 2 aromatic rings. The molecule has 0 spiro atoms. The number of ketones is 1. The van der Waals surface area contributed by atoms with Crippen molar-refractivity contribution in [3.8, 4) is 0 Å². The average molecular weight is 412 g/mol. The minimum absolute atomic E-state index is 0.0876. The normalized spacial score (nSPS) is 26.7. The Morgan fingerprint density at radius 3 is 2.38 bits per heavy atom. The van der Waals surface area contributed by atoms with Crippen LogP contribution in [-0.2, 0) is 4.84 Å². The number of rotatable bonds is 3. The van der Waals surface area contributed by atoms with Crippen LogP contribution < -0.4 is 5.06 Å². The molecule has 2 aromatic carbocycles. The lowest BCUT2D eigenvalue weighted by atomic mass is 9.83. The smallest absolute Gasteiger partial charge is 0.188 e. The molecule has 3 atom stereocenters. The van der Waals surface area contributed by atoms with Crippen molar-refractivity contribution in [1.82, 2.24) is 0 Å². The van der Waals surface area contributed by atoms with E-state index < -0.39 is 0 Å². The maximum Gasteiger partial charge on any atom is 0.188 e. The van der Waals surface area contributed by atoms with Crippen LogP contribution in [0.25, 0.3) is 0 Å². The van der Waals surface area contributed by atoms with Crippen molar-refractivity contribution >= 4 is 27.4 Å². The molecule has 1 aliphatic heterocycles. The Morgan fingerprint density at radius 2 is 1.65 bits per heavy atom. The van der Waals surface area contributed by atoms with E-state index in [9.17, 15) is 4.79 Å². The number of carbonyl (C=O) groups excluding carboxylic acids is 1. The summed E-state index contributed by atoms with van der Waals surface area (Å²) in [5.41, 5.74) is 1.68. The third-order valence-corrected chi connectivity index (χ3v) is 5.77. The number of halogens is 1. The Bertz CT molecular complexity index is 788. The lowest BCUT2D eigenvalue weighted by molar-refractivity contribution is 0.0612. The molecule has 0 N–H and O–H groups in total. The van der Waals surface area contributed by atoms with Crippen molar-refractivity contribution < 1.29 is 9.63 Å². The van der Waals surface area contributed by atoms with E-state index in [1.165, 1.54) is 0 Å². The number of hydroxylamine groups is 1.